The first-order chi connectivity index (χ1) is 8.04. The van der Waals surface area contributed by atoms with E-state index in [1.54, 1.807) is 0 Å². The highest BCUT2D eigenvalue weighted by Gasteiger charge is 2.12. The van der Waals surface area contributed by atoms with E-state index in [0.29, 0.717) is 12.1 Å². The predicted molar refractivity (Wildman–Crippen MR) is 64.6 cm³/mol. The average molecular weight is 237 g/mol. The van der Waals surface area contributed by atoms with Gasteiger partial charge in [-0.3, -0.25) is 14.9 Å². The van der Waals surface area contributed by atoms with Crippen LogP contribution in [0.2, 0.25) is 0 Å². The standard InChI is InChI=1S/C11H15N3O3/c1-2-3-10(12)11(15)13-8-4-6-9(7-5-8)14(16)17/h4-7,10H,2-3,12H2,1H3,(H,13,15)/t10-/m1/s1. The van der Waals surface area contributed by atoms with E-state index in [0.717, 1.165) is 6.42 Å². The van der Waals surface area contributed by atoms with Gasteiger partial charge in [-0.15, -0.1) is 0 Å². The highest BCUT2D eigenvalue weighted by molar-refractivity contribution is 5.94. The second kappa shape index (κ2) is 5.95. The summed E-state index contributed by atoms with van der Waals surface area (Å²) in [6.07, 6.45) is 1.44. The van der Waals surface area contributed by atoms with Crippen molar-refractivity contribution in [3.05, 3.63) is 34.4 Å². The highest BCUT2D eigenvalue weighted by Crippen LogP contribution is 2.15. The van der Waals surface area contributed by atoms with Gasteiger partial charge >= 0.3 is 0 Å². The number of nitro groups is 1. The molecule has 0 aromatic heterocycles. The molecule has 3 N–H and O–H groups in total. The summed E-state index contributed by atoms with van der Waals surface area (Å²) in [7, 11) is 0. The first kappa shape index (κ1) is 13.1. The highest BCUT2D eigenvalue weighted by atomic mass is 16.6. The molecule has 0 aliphatic rings. The third-order valence-electron chi connectivity index (χ3n) is 2.28. The first-order valence-corrected chi connectivity index (χ1v) is 5.35. The number of nitrogens with zero attached hydrogens (tertiary/aromatic N) is 1. The maximum atomic E-state index is 11.6. The van der Waals surface area contributed by atoms with E-state index in [1.165, 1.54) is 24.3 Å². The molecule has 6 nitrogen and oxygen atoms in total. The molecule has 0 radical (unpaired) electrons. The number of non-ortho nitro benzene ring substituents is 1. The Balaban J connectivity index is 2.63. The van der Waals surface area contributed by atoms with Crippen molar-refractivity contribution in [2.75, 3.05) is 5.32 Å². The van der Waals surface area contributed by atoms with Crippen molar-refractivity contribution < 1.29 is 9.72 Å². The second-order valence-electron chi connectivity index (χ2n) is 3.69. The van der Waals surface area contributed by atoms with E-state index in [2.05, 4.69) is 5.32 Å². The fourth-order valence-electron chi connectivity index (χ4n) is 1.34. The van der Waals surface area contributed by atoms with Crippen LogP contribution >= 0.6 is 0 Å². The van der Waals surface area contributed by atoms with Crippen molar-refractivity contribution in [3.8, 4) is 0 Å². The summed E-state index contributed by atoms with van der Waals surface area (Å²) < 4.78 is 0. The molecule has 1 amide bonds. The minimum Gasteiger partial charge on any atom is -0.325 e. The molecule has 17 heavy (non-hydrogen) atoms. The molecular weight excluding hydrogens is 222 g/mol. The molecule has 1 rings (SSSR count). The number of rotatable bonds is 5. The first-order valence-electron chi connectivity index (χ1n) is 5.35. The van der Waals surface area contributed by atoms with E-state index >= 15 is 0 Å². The molecule has 1 aromatic carbocycles. The van der Waals surface area contributed by atoms with Gasteiger partial charge in [0.25, 0.3) is 5.69 Å². The van der Waals surface area contributed by atoms with Gasteiger partial charge in [0.2, 0.25) is 5.91 Å². The van der Waals surface area contributed by atoms with Crippen molar-refractivity contribution >= 4 is 17.3 Å². The Labute approximate surface area is 99.0 Å². The zero-order valence-corrected chi connectivity index (χ0v) is 9.55. The van der Waals surface area contributed by atoms with E-state index in [4.69, 9.17) is 5.73 Å². The van der Waals surface area contributed by atoms with Crippen LogP contribution in [0.15, 0.2) is 24.3 Å². The van der Waals surface area contributed by atoms with Crippen LogP contribution in [-0.2, 0) is 4.79 Å². The maximum Gasteiger partial charge on any atom is 0.269 e. The lowest BCUT2D eigenvalue weighted by atomic mass is 10.1. The number of amides is 1. The number of benzene rings is 1. The molecule has 1 aromatic rings. The third-order valence-corrected chi connectivity index (χ3v) is 2.28. The van der Waals surface area contributed by atoms with Crippen LogP contribution in [-0.4, -0.2) is 16.9 Å². The van der Waals surface area contributed by atoms with Crippen molar-refractivity contribution in [2.45, 2.75) is 25.8 Å². The molecule has 0 saturated carbocycles. The minimum absolute atomic E-state index is 0.0131. The minimum atomic E-state index is -0.546. The molecule has 0 aliphatic heterocycles. The Morgan fingerprint density at radius 3 is 2.53 bits per heavy atom. The zero-order valence-electron chi connectivity index (χ0n) is 9.55. The van der Waals surface area contributed by atoms with Crippen molar-refractivity contribution in [1.82, 2.24) is 0 Å². The average Bonchev–Trinajstić information content (AvgIpc) is 2.30. The molecule has 1 atom stereocenters. The molecule has 0 aliphatic carbocycles. The fraction of sp³-hybridized carbons (Fsp3) is 0.364. The van der Waals surface area contributed by atoms with Gasteiger partial charge < -0.3 is 11.1 Å². The van der Waals surface area contributed by atoms with E-state index in [1.807, 2.05) is 6.92 Å². The van der Waals surface area contributed by atoms with Gasteiger partial charge in [0.1, 0.15) is 0 Å². The number of nitro benzene ring substituents is 1. The second-order valence-corrected chi connectivity index (χ2v) is 3.69. The quantitative estimate of drug-likeness (QED) is 0.601. The normalized spacial score (nSPS) is 11.9. The topological polar surface area (TPSA) is 98.3 Å². The largest absolute Gasteiger partial charge is 0.325 e. The lowest BCUT2D eigenvalue weighted by molar-refractivity contribution is -0.384. The lowest BCUT2D eigenvalue weighted by Crippen LogP contribution is -2.35. The molecule has 92 valence electrons. The van der Waals surface area contributed by atoms with Crippen molar-refractivity contribution in [1.29, 1.82) is 0 Å². The zero-order chi connectivity index (χ0) is 12.8. The summed E-state index contributed by atoms with van der Waals surface area (Å²) in [6.45, 7) is 1.94. The molecule has 0 saturated heterocycles. The smallest absolute Gasteiger partial charge is 0.269 e. The van der Waals surface area contributed by atoms with Crippen LogP contribution in [0.25, 0.3) is 0 Å². The van der Waals surface area contributed by atoms with E-state index in [9.17, 15) is 14.9 Å². The molecule has 0 unspecified atom stereocenters. The number of hydrogen-bond donors (Lipinski definition) is 2. The molecule has 0 fully saturated rings. The van der Waals surface area contributed by atoms with Crippen LogP contribution in [0.4, 0.5) is 11.4 Å². The van der Waals surface area contributed by atoms with Gasteiger partial charge in [-0.25, -0.2) is 0 Å². The monoisotopic (exact) mass is 237 g/mol. The van der Waals surface area contributed by atoms with Gasteiger partial charge in [-0.05, 0) is 18.6 Å². The van der Waals surface area contributed by atoms with E-state index < -0.39 is 11.0 Å². The van der Waals surface area contributed by atoms with Gasteiger partial charge in [-0.1, -0.05) is 13.3 Å². The fourth-order valence-corrected chi connectivity index (χ4v) is 1.34. The predicted octanol–water partition coefficient (Wildman–Crippen LogP) is 1.66. The molecule has 0 spiro atoms. The number of nitrogens with one attached hydrogen (secondary N) is 1. The van der Waals surface area contributed by atoms with Gasteiger partial charge in [0.15, 0.2) is 0 Å². The lowest BCUT2D eigenvalue weighted by Gasteiger charge is -2.10. The summed E-state index contributed by atoms with van der Waals surface area (Å²) >= 11 is 0. The Kier molecular flexibility index (Phi) is 4.59. The number of carbonyl (C=O) groups excluding carboxylic acids is 1. The van der Waals surface area contributed by atoms with Crippen LogP contribution < -0.4 is 11.1 Å². The number of anilines is 1. The van der Waals surface area contributed by atoms with Crippen molar-refractivity contribution in [3.63, 3.8) is 0 Å². The van der Waals surface area contributed by atoms with Crippen LogP contribution in [0.1, 0.15) is 19.8 Å². The van der Waals surface area contributed by atoms with Crippen LogP contribution in [0.5, 0.6) is 0 Å². The van der Waals surface area contributed by atoms with Gasteiger partial charge in [0, 0.05) is 17.8 Å². The molecular formula is C11H15N3O3. The molecule has 0 bridgehead atoms. The SMILES string of the molecule is CCC[C@@H](N)C(=O)Nc1ccc([N+](=O)[O-])cc1. The Bertz CT molecular complexity index is 403. The Morgan fingerprint density at radius 2 is 2.06 bits per heavy atom. The van der Waals surface area contributed by atoms with Crippen LogP contribution in [0, 0.1) is 10.1 Å². The molecule has 0 heterocycles. The van der Waals surface area contributed by atoms with Gasteiger partial charge in [0.05, 0.1) is 11.0 Å². The summed E-state index contributed by atoms with van der Waals surface area (Å²) in [6, 6.07) is 5.08. The number of carbonyl (C=O) groups is 1. The maximum absolute atomic E-state index is 11.6. The summed E-state index contributed by atoms with van der Waals surface area (Å²) in [5, 5.41) is 13.0. The number of hydrogen-bond acceptors (Lipinski definition) is 4. The van der Waals surface area contributed by atoms with Crippen LogP contribution in [0.3, 0.4) is 0 Å². The summed E-state index contributed by atoms with van der Waals surface area (Å²) in [5.74, 6) is -0.277. The third kappa shape index (κ3) is 3.84. The van der Waals surface area contributed by atoms with Crippen molar-refractivity contribution in [2.24, 2.45) is 5.73 Å². The van der Waals surface area contributed by atoms with E-state index in [-0.39, 0.29) is 11.6 Å². The summed E-state index contributed by atoms with van der Waals surface area (Å²) in [4.78, 5) is 21.5. The number of nitrogens with two attached hydrogens (primary N) is 1. The summed E-state index contributed by atoms with van der Waals surface area (Å²) in [5.41, 5.74) is 6.13. The Hall–Kier alpha value is -1.95. The molecule has 6 heteroatoms. The Morgan fingerprint density at radius 1 is 1.47 bits per heavy atom. The van der Waals surface area contributed by atoms with Gasteiger partial charge in [-0.2, -0.15) is 0 Å².